The van der Waals surface area contributed by atoms with Crippen molar-refractivity contribution in [3.8, 4) is 0 Å². The van der Waals surface area contributed by atoms with E-state index < -0.39 is 0 Å². The van der Waals surface area contributed by atoms with Crippen LogP contribution in [0.5, 0.6) is 0 Å². The molecule has 0 bridgehead atoms. The summed E-state index contributed by atoms with van der Waals surface area (Å²) >= 11 is 0. The Labute approximate surface area is 126 Å². The molecule has 1 N–H and O–H groups in total. The van der Waals surface area contributed by atoms with Gasteiger partial charge in [-0.2, -0.15) is 0 Å². The van der Waals surface area contributed by atoms with E-state index in [9.17, 15) is 0 Å². The lowest BCUT2D eigenvalue weighted by Gasteiger charge is -2.42. The zero-order valence-electron chi connectivity index (χ0n) is 14.1. The molecule has 0 amide bonds. The van der Waals surface area contributed by atoms with E-state index in [-0.39, 0.29) is 0 Å². The van der Waals surface area contributed by atoms with Crippen LogP contribution in [0, 0.1) is 23.2 Å². The molecule has 0 radical (unpaired) electrons. The highest BCUT2D eigenvalue weighted by Crippen LogP contribution is 2.42. The molecule has 0 spiro atoms. The molecule has 0 aromatic carbocycles. The zero-order chi connectivity index (χ0) is 14.6. The highest BCUT2D eigenvalue weighted by Gasteiger charge is 2.35. The topological polar surface area (TPSA) is 21.3 Å². The maximum atomic E-state index is 5.74. The van der Waals surface area contributed by atoms with Gasteiger partial charge in [-0.15, -0.1) is 0 Å². The van der Waals surface area contributed by atoms with E-state index in [2.05, 4.69) is 33.0 Å². The van der Waals surface area contributed by atoms with Gasteiger partial charge in [-0.3, -0.25) is 0 Å². The molecule has 0 aromatic rings. The van der Waals surface area contributed by atoms with E-state index in [4.69, 9.17) is 4.74 Å². The first kappa shape index (κ1) is 16.3. The van der Waals surface area contributed by atoms with Crippen molar-refractivity contribution in [2.75, 3.05) is 19.8 Å². The van der Waals surface area contributed by atoms with Crippen LogP contribution in [0.15, 0.2) is 0 Å². The molecule has 1 saturated heterocycles. The Balaban J connectivity index is 1.90. The van der Waals surface area contributed by atoms with E-state index in [1.54, 1.807) is 0 Å². The van der Waals surface area contributed by atoms with E-state index in [0.717, 1.165) is 37.5 Å². The van der Waals surface area contributed by atoms with Crippen molar-refractivity contribution >= 4 is 0 Å². The summed E-state index contributed by atoms with van der Waals surface area (Å²) in [6.07, 6.45) is 8.28. The summed E-state index contributed by atoms with van der Waals surface area (Å²) in [5.74, 6) is 2.55. The van der Waals surface area contributed by atoms with Crippen molar-refractivity contribution in [2.45, 2.75) is 72.3 Å². The molecule has 0 aromatic heterocycles. The Kier molecular flexibility index (Phi) is 5.92. The normalized spacial score (nSPS) is 33.9. The fraction of sp³-hybridized carbons (Fsp3) is 1.00. The smallest absolute Gasteiger partial charge is 0.0509 e. The summed E-state index contributed by atoms with van der Waals surface area (Å²) in [7, 11) is 0. The molecule has 2 fully saturated rings. The Morgan fingerprint density at radius 2 is 1.75 bits per heavy atom. The van der Waals surface area contributed by atoms with Gasteiger partial charge in [0.2, 0.25) is 0 Å². The maximum Gasteiger partial charge on any atom is 0.0509 e. The summed E-state index contributed by atoms with van der Waals surface area (Å²) < 4.78 is 5.74. The molecule has 1 saturated carbocycles. The Morgan fingerprint density at radius 1 is 1.05 bits per heavy atom. The van der Waals surface area contributed by atoms with Gasteiger partial charge < -0.3 is 10.1 Å². The Bertz CT molecular complexity index is 270. The van der Waals surface area contributed by atoms with E-state index in [1.165, 1.54) is 38.5 Å². The van der Waals surface area contributed by atoms with E-state index in [1.807, 2.05) is 0 Å². The van der Waals surface area contributed by atoms with Crippen LogP contribution in [0.1, 0.15) is 66.2 Å². The van der Waals surface area contributed by atoms with Crippen molar-refractivity contribution in [1.82, 2.24) is 5.32 Å². The molecule has 2 unspecified atom stereocenters. The lowest BCUT2D eigenvalue weighted by atomic mass is 9.67. The summed E-state index contributed by atoms with van der Waals surface area (Å²) in [5, 5.41) is 3.80. The molecule has 1 aliphatic carbocycles. The van der Waals surface area contributed by atoms with Crippen molar-refractivity contribution in [2.24, 2.45) is 23.2 Å². The second-order valence-electron chi connectivity index (χ2n) is 8.04. The minimum atomic E-state index is 0.493. The van der Waals surface area contributed by atoms with Gasteiger partial charge in [-0.1, -0.05) is 27.7 Å². The van der Waals surface area contributed by atoms with Gasteiger partial charge in [0.15, 0.2) is 0 Å². The van der Waals surface area contributed by atoms with Crippen molar-refractivity contribution < 1.29 is 4.74 Å². The molecular formula is C18H35NO. The number of rotatable bonds is 4. The average molecular weight is 281 g/mol. The minimum Gasteiger partial charge on any atom is -0.381 e. The Hall–Kier alpha value is -0.0800. The monoisotopic (exact) mass is 281 g/mol. The minimum absolute atomic E-state index is 0.493. The predicted molar refractivity (Wildman–Crippen MR) is 85.9 cm³/mol. The van der Waals surface area contributed by atoms with Crippen LogP contribution < -0.4 is 5.32 Å². The summed E-state index contributed by atoms with van der Waals surface area (Å²) in [5.41, 5.74) is 0.493. The largest absolute Gasteiger partial charge is 0.381 e. The Morgan fingerprint density at radius 3 is 2.25 bits per heavy atom. The SMILES string of the molecule is CCNC(C1CCC(C(C)(C)C)CC1)C1CCCOC1. The van der Waals surface area contributed by atoms with Gasteiger partial charge in [0.1, 0.15) is 0 Å². The second-order valence-corrected chi connectivity index (χ2v) is 8.04. The standard InChI is InChI=1S/C18H35NO/c1-5-19-17(15-7-6-12-20-13-15)14-8-10-16(11-9-14)18(2,3)4/h14-17,19H,5-13H2,1-4H3. The average Bonchev–Trinajstić information content (AvgIpc) is 2.45. The van der Waals surface area contributed by atoms with Gasteiger partial charge >= 0.3 is 0 Å². The van der Waals surface area contributed by atoms with E-state index in [0.29, 0.717) is 11.5 Å². The van der Waals surface area contributed by atoms with Crippen molar-refractivity contribution in [1.29, 1.82) is 0 Å². The fourth-order valence-corrected chi connectivity index (χ4v) is 4.35. The van der Waals surface area contributed by atoms with Gasteiger partial charge in [0, 0.05) is 12.6 Å². The van der Waals surface area contributed by atoms with E-state index >= 15 is 0 Å². The van der Waals surface area contributed by atoms with Crippen molar-refractivity contribution in [3.05, 3.63) is 0 Å². The highest BCUT2D eigenvalue weighted by atomic mass is 16.5. The molecule has 1 heterocycles. The molecule has 2 atom stereocenters. The summed E-state index contributed by atoms with van der Waals surface area (Å²) in [6, 6.07) is 0.696. The third kappa shape index (κ3) is 4.21. The number of nitrogens with one attached hydrogen (secondary N) is 1. The quantitative estimate of drug-likeness (QED) is 0.832. The fourth-order valence-electron chi connectivity index (χ4n) is 4.35. The van der Waals surface area contributed by atoms with Crippen LogP contribution >= 0.6 is 0 Å². The van der Waals surface area contributed by atoms with Crippen LogP contribution in [0.25, 0.3) is 0 Å². The van der Waals surface area contributed by atoms with Gasteiger partial charge in [-0.25, -0.2) is 0 Å². The lowest BCUT2D eigenvalue weighted by molar-refractivity contribution is 0.0191. The zero-order valence-corrected chi connectivity index (χ0v) is 14.1. The highest BCUT2D eigenvalue weighted by molar-refractivity contribution is 4.89. The second kappa shape index (κ2) is 7.26. The number of hydrogen-bond acceptors (Lipinski definition) is 2. The molecule has 2 aliphatic rings. The van der Waals surface area contributed by atoms with Crippen LogP contribution in [0.4, 0.5) is 0 Å². The van der Waals surface area contributed by atoms with Gasteiger partial charge in [-0.05, 0) is 68.2 Å². The third-order valence-corrected chi connectivity index (χ3v) is 5.65. The molecule has 2 heteroatoms. The van der Waals surface area contributed by atoms with Crippen LogP contribution in [0.3, 0.4) is 0 Å². The summed E-state index contributed by atoms with van der Waals surface area (Å²) in [6.45, 7) is 12.5. The van der Waals surface area contributed by atoms with Crippen LogP contribution in [0.2, 0.25) is 0 Å². The lowest BCUT2D eigenvalue weighted by Crippen LogP contribution is -2.46. The number of hydrogen-bond donors (Lipinski definition) is 1. The van der Waals surface area contributed by atoms with Crippen LogP contribution in [-0.2, 0) is 4.74 Å². The molecule has 1 aliphatic heterocycles. The molecule has 118 valence electrons. The molecular weight excluding hydrogens is 246 g/mol. The summed E-state index contributed by atoms with van der Waals surface area (Å²) in [4.78, 5) is 0. The van der Waals surface area contributed by atoms with Crippen molar-refractivity contribution in [3.63, 3.8) is 0 Å². The van der Waals surface area contributed by atoms with Gasteiger partial charge in [0.25, 0.3) is 0 Å². The number of ether oxygens (including phenoxy) is 1. The molecule has 20 heavy (non-hydrogen) atoms. The molecule has 2 nitrogen and oxygen atoms in total. The van der Waals surface area contributed by atoms with Crippen LogP contribution in [-0.4, -0.2) is 25.8 Å². The first-order chi connectivity index (χ1) is 9.52. The third-order valence-electron chi connectivity index (χ3n) is 5.65. The first-order valence-corrected chi connectivity index (χ1v) is 8.83. The first-order valence-electron chi connectivity index (χ1n) is 8.83. The predicted octanol–water partition coefficient (Wildman–Crippen LogP) is 4.24. The van der Waals surface area contributed by atoms with Gasteiger partial charge in [0.05, 0.1) is 6.61 Å². The maximum absolute atomic E-state index is 5.74. The molecule has 2 rings (SSSR count).